The predicted molar refractivity (Wildman–Crippen MR) is 49.3 cm³/mol. The van der Waals surface area contributed by atoms with Gasteiger partial charge in [-0.1, -0.05) is 34.8 Å². The maximum absolute atomic E-state index is 10.9. The van der Waals surface area contributed by atoms with Crippen molar-refractivity contribution in [3.63, 3.8) is 0 Å². The maximum Gasteiger partial charge on any atom is 0.162 e. The van der Waals surface area contributed by atoms with Gasteiger partial charge in [0.15, 0.2) is 5.78 Å². The van der Waals surface area contributed by atoms with E-state index in [1.54, 1.807) is 0 Å². The summed E-state index contributed by atoms with van der Waals surface area (Å²) < 4.78 is 0. The summed E-state index contributed by atoms with van der Waals surface area (Å²) in [6.45, 7) is 1.38. The number of Topliss-reactive ketones (excluding diaryl/α,β-unsaturated/α-hetero) is 1. The molecule has 64 valence electrons. The highest BCUT2D eigenvalue weighted by Crippen LogP contribution is 2.25. The lowest BCUT2D eigenvalue weighted by Crippen LogP contribution is -1.95. The first kappa shape index (κ1) is 9.78. The fourth-order valence-electron chi connectivity index (χ4n) is 0.693. The van der Waals surface area contributed by atoms with Crippen molar-refractivity contribution in [1.29, 1.82) is 0 Å². The van der Waals surface area contributed by atoms with Crippen molar-refractivity contribution in [2.45, 2.75) is 6.92 Å². The molecule has 0 N–H and O–H groups in total. The van der Waals surface area contributed by atoms with Gasteiger partial charge in [0, 0.05) is 0 Å². The Kier molecular flexibility index (Phi) is 2.94. The van der Waals surface area contributed by atoms with E-state index >= 15 is 0 Å². The van der Waals surface area contributed by atoms with E-state index in [4.69, 9.17) is 34.8 Å². The van der Waals surface area contributed by atoms with Crippen molar-refractivity contribution in [3.05, 3.63) is 27.0 Å². The molecule has 0 aliphatic carbocycles. The van der Waals surface area contributed by atoms with Gasteiger partial charge in [-0.2, -0.15) is 0 Å². The molecule has 2 nitrogen and oxygen atoms in total. The SMILES string of the molecule is CC(=O)c1cc(Cl)c(Cl)nc1Cl. The molecule has 0 amide bonds. The second-order valence-corrected chi connectivity index (χ2v) is 3.28. The van der Waals surface area contributed by atoms with Gasteiger partial charge in [0.25, 0.3) is 0 Å². The van der Waals surface area contributed by atoms with Crippen molar-refractivity contribution in [2.75, 3.05) is 0 Å². The summed E-state index contributed by atoms with van der Waals surface area (Å²) in [5, 5.41) is 0.412. The molecule has 1 aromatic heterocycles. The number of rotatable bonds is 1. The summed E-state index contributed by atoms with van der Waals surface area (Å²) in [5.74, 6) is -0.189. The fourth-order valence-corrected chi connectivity index (χ4v) is 1.30. The second kappa shape index (κ2) is 3.60. The Morgan fingerprint density at radius 3 is 2.42 bits per heavy atom. The van der Waals surface area contributed by atoms with Crippen molar-refractivity contribution < 1.29 is 4.79 Å². The maximum atomic E-state index is 10.9. The smallest absolute Gasteiger partial charge is 0.162 e. The molecule has 0 saturated heterocycles. The van der Waals surface area contributed by atoms with Crippen LogP contribution in [0.3, 0.4) is 0 Å². The Hall–Kier alpha value is -0.310. The summed E-state index contributed by atoms with van der Waals surface area (Å²) in [6.07, 6.45) is 0. The molecule has 0 radical (unpaired) electrons. The molecule has 1 aromatic rings. The average molecular weight is 224 g/mol. The highest BCUT2D eigenvalue weighted by Gasteiger charge is 2.10. The topological polar surface area (TPSA) is 30.0 Å². The molecule has 1 heterocycles. The molecule has 0 saturated carbocycles. The van der Waals surface area contributed by atoms with Gasteiger partial charge in [0.05, 0.1) is 10.6 Å². The lowest BCUT2D eigenvalue weighted by Gasteiger charge is -2.00. The normalized spacial score (nSPS) is 10.0. The van der Waals surface area contributed by atoms with Gasteiger partial charge in [-0.05, 0) is 13.0 Å². The van der Waals surface area contributed by atoms with Crippen LogP contribution in [0.1, 0.15) is 17.3 Å². The summed E-state index contributed by atoms with van der Waals surface area (Å²) in [4.78, 5) is 14.6. The van der Waals surface area contributed by atoms with E-state index in [1.807, 2.05) is 0 Å². The van der Waals surface area contributed by atoms with E-state index in [2.05, 4.69) is 4.98 Å². The minimum Gasteiger partial charge on any atom is -0.294 e. The first-order chi connectivity index (χ1) is 5.52. The Morgan fingerprint density at radius 2 is 1.92 bits per heavy atom. The summed E-state index contributed by atoms with van der Waals surface area (Å²) in [5.41, 5.74) is 0.283. The number of aromatic nitrogens is 1. The minimum atomic E-state index is -0.189. The Morgan fingerprint density at radius 1 is 1.33 bits per heavy atom. The lowest BCUT2D eigenvalue weighted by molar-refractivity contribution is 0.101. The van der Waals surface area contributed by atoms with Crippen LogP contribution < -0.4 is 0 Å². The second-order valence-electron chi connectivity index (χ2n) is 2.16. The van der Waals surface area contributed by atoms with Crippen LogP contribution in [0.5, 0.6) is 0 Å². The van der Waals surface area contributed by atoms with Crippen LogP contribution in [0.15, 0.2) is 6.07 Å². The van der Waals surface area contributed by atoms with E-state index in [1.165, 1.54) is 13.0 Å². The van der Waals surface area contributed by atoms with Crippen LogP contribution >= 0.6 is 34.8 Å². The van der Waals surface area contributed by atoms with Crippen molar-refractivity contribution in [3.8, 4) is 0 Å². The molecule has 0 aliphatic rings. The Balaban J connectivity index is 3.33. The zero-order valence-corrected chi connectivity index (χ0v) is 8.33. The number of carbonyl (C=O) groups excluding carboxylic acids is 1. The fraction of sp³-hybridized carbons (Fsp3) is 0.143. The van der Waals surface area contributed by atoms with E-state index in [-0.39, 0.29) is 26.7 Å². The molecule has 0 aliphatic heterocycles. The largest absolute Gasteiger partial charge is 0.294 e. The zero-order valence-electron chi connectivity index (χ0n) is 6.07. The number of nitrogens with zero attached hydrogens (tertiary/aromatic N) is 1. The third kappa shape index (κ3) is 1.89. The molecule has 1 rings (SSSR count). The van der Waals surface area contributed by atoms with E-state index in [9.17, 15) is 4.79 Å². The Bertz CT molecular complexity index is 338. The van der Waals surface area contributed by atoms with Crippen molar-refractivity contribution in [2.24, 2.45) is 0 Å². The number of hydrogen-bond acceptors (Lipinski definition) is 2. The van der Waals surface area contributed by atoms with Crippen LogP contribution in [-0.2, 0) is 0 Å². The third-order valence-electron chi connectivity index (χ3n) is 1.27. The number of carbonyl (C=O) groups is 1. The molecule has 0 bridgehead atoms. The van der Waals surface area contributed by atoms with Crippen molar-refractivity contribution >= 4 is 40.6 Å². The van der Waals surface area contributed by atoms with Gasteiger partial charge in [0.2, 0.25) is 0 Å². The summed E-state index contributed by atoms with van der Waals surface area (Å²) >= 11 is 16.8. The molecule has 12 heavy (non-hydrogen) atoms. The van der Waals surface area contributed by atoms with Crippen LogP contribution in [0, 0.1) is 0 Å². The molecule has 0 aromatic carbocycles. The molecular formula is C7H4Cl3NO. The van der Waals surface area contributed by atoms with Crippen LogP contribution in [-0.4, -0.2) is 10.8 Å². The minimum absolute atomic E-state index is 0.0805. The van der Waals surface area contributed by atoms with E-state index < -0.39 is 0 Å². The summed E-state index contributed by atoms with van der Waals surface area (Å²) in [7, 11) is 0. The molecule has 0 spiro atoms. The van der Waals surface area contributed by atoms with E-state index in [0.717, 1.165) is 0 Å². The molecular weight excluding hydrogens is 220 g/mol. The summed E-state index contributed by atoms with van der Waals surface area (Å²) in [6, 6.07) is 1.40. The predicted octanol–water partition coefficient (Wildman–Crippen LogP) is 3.24. The quantitative estimate of drug-likeness (QED) is 0.541. The molecule has 0 fully saturated rings. The average Bonchev–Trinajstić information content (AvgIpc) is 1.96. The van der Waals surface area contributed by atoms with Gasteiger partial charge in [0.1, 0.15) is 10.3 Å². The molecule has 0 unspecified atom stereocenters. The number of pyridine rings is 1. The standard InChI is InChI=1S/C7H4Cl3NO/c1-3(12)4-2-5(8)7(10)11-6(4)9/h2H,1H3. The number of hydrogen-bond donors (Lipinski definition) is 0. The number of halogens is 3. The van der Waals surface area contributed by atoms with E-state index in [0.29, 0.717) is 0 Å². The highest BCUT2D eigenvalue weighted by atomic mass is 35.5. The molecule has 5 heteroatoms. The molecule has 0 atom stereocenters. The monoisotopic (exact) mass is 223 g/mol. The third-order valence-corrected chi connectivity index (χ3v) is 2.23. The van der Waals surface area contributed by atoms with Gasteiger partial charge < -0.3 is 0 Å². The van der Waals surface area contributed by atoms with Gasteiger partial charge >= 0.3 is 0 Å². The van der Waals surface area contributed by atoms with Crippen LogP contribution in [0.4, 0.5) is 0 Å². The van der Waals surface area contributed by atoms with Gasteiger partial charge in [-0.3, -0.25) is 4.79 Å². The van der Waals surface area contributed by atoms with Crippen LogP contribution in [0.2, 0.25) is 15.3 Å². The lowest BCUT2D eigenvalue weighted by atomic mass is 10.2. The van der Waals surface area contributed by atoms with Crippen molar-refractivity contribution in [1.82, 2.24) is 4.98 Å². The van der Waals surface area contributed by atoms with Crippen LogP contribution in [0.25, 0.3) is 0 Å². The van der Waals surface area contributed by atoms with Gasteiger partial charge in [-0.25, -0.2) is 4.98 Å². The Labute approximate surface area is 84.5 Å². The highest BCUT2D eigenvalue weighted by molar-refractivity contribution is 6.42. The van der Waals surface area contributed by atoms with Gasteiger partial charge in [-0.15, -0.1) is 0 Å². The number of ketones is 1. The zero-order chi connectivity index (χ0) is 9.30. The first-order valence-electron chi connectivity index (χ1n) is 3.05. The first-order valence-corrected chi connectivity index (χ1v) is 4.18.